The monoisotopic (exact) mass is 275 g/mol. The molecule has 0 heterocycles. The second kappa shape index (κ2) is 6.06. The largest absolute Gasteiger partial charge is 0.497 e. The Kier molecular flexibility index (Phi) is 4.20. The van der Waals surface area contributed by atoms with E-state index in [2.05, 4.69) is 5.32 Å². The Morgan fingerprint density at radius 2 is 1.90 bits per heavy atom. The number of anilines is 1. The second-order valence-corrected chi connectivity index (χ2v) is 4.03. The van der Waals surface area contributed by atoms with Crippen molar-refractivity contribution in [2.24, 2.45) is 0 Å². The average Bonchev–Trinajstić information content (AvgIpc) is 2.47. The lowest BCUT2D eigenvalue weighted by atomic mass is 10.1. The van der Waals surface area contributed by atoms with Gasteiger partial charge in [0, 0.05) is 11.8 Å². The van der Waals surface area contributed by atoms with Crippen molar-refractivity contribution in [2.75, 3.05) is 19.5 Å². The molecule has 1 amide bonds. The third-order valence-corrected chi connectivity index (χ3v) is 2.73. The van der Waals surface area contributed by atoms with Crippen LogP contribution in [0.15, 0.2) is 42.5 Å². The van der Waals surface area contributed by atoms with Gasteiger partial charge in [0.05, 0.1) is 19.8 Å². The summed E-state index contributed by atoms with van der Waals surface area (Å²) in [5.41, 5.74) is 0.691. The number of amides is 1. The SMILES string of the molecule is COc1cccc(NC(=O)c2cc(F)ccc2OC)c1. The first-order valence-electron chi connectivity index (χ1n) is 5.93. The predicted octanol–water partition coefficient (Wildman–Crippen LogP) is 3.10. The zero-order chi connectivity index (χ0) is 14.5. The van der Waals surface area contributed by atoms with Crippen LogP contribution < -0.4 is 14.8 Å². The van der Waals surface area contributed by atoms with Crippen LogP contribution in [0.4, 0.5) is 10.1 Å². The summed E-state index contributed by atoms with van der Waals surface area (Å²) < 4.78 is 23.4. The zero-order valence-corrected chi connectivity index (χ0v) is 11.1. The molecule has 2 aromatic carbocycles. The minimum Gasteiger partial charge on any atom is -0.497 e. The summed E-state index contributed by atoms with van der Waals surface area (Å²) in [6.07, 6.45) is 0. The van der Waals surface area contributed by atoms with Crippen molar-refractivity contribution in [1.82, 2.24) is 0 Å². The average molecular weight is 275 g/mol. The van der Waals surface area contributed by atoms with Crippen LogP contribution in [0.2, 0.25) is 0 Å². The van der Waals surface area contributed by atoms with E-state index < -0.39 is 11.7 Å². The summed E-state index contributed by atoms with van der Waals surface area (Å²) in [7, 11) is 2.96. The van der Waals surface area contributed by atoms with Crippen molar-refractivity contribution in [3.8, 4) is 11.5 Å². The first-order chi connectivity index (χ1) is 9.63. The number of carbonyl (C=O) groups is 1. The van der Waals surface area contributed by atoms with Crippen LogP contribution in [0.1, 0.15) is 10.4 Å². The molecule has 104 valence electrons. The predicted molar refractivity (Wildman–Crippen MR) is 73.9 cm³/mol. The van der Waals surface area contributed by atoms with Crippen molar-refractivity contribution < 1.29 is 18.7 Å². The number of hydrogen-bond donors (Lipinski definition) is 1. The van der Waals surface area contributed by atoms with E-state index in [1.54, 1.807) is 24.3 Å². The first kappa shape index (κ1) is 13.9. The van der Waals surface area contributed by atoms with Gasteiger partial charge in [-0.25, -0.2) is 4.39 Å². The van der Waals surface area contributed by atoms with E-state index in [0.29, 0.717) is 17.2 Å². The maximum Gasteiger partial charge on any atom is 0.259 e. The molecule has 5 heteroatoms. The van der Waals surface area contributed by atoms with Crippen molar-refractivity contribution >= 4 is 11.6 Å². The summed E-state index contributed by atoms with van der Waals surface area (Å²) in [6.45, 7) is 0. The molecule has 0 unspecified atom stereocenters. The van der Waals surface area contributed by atoms with Gasteiger partial charge in [-0.15, -0.1) is 0 Å². The molecular weight excluding hydrogens is 261 g/mol. The van der Waals surface area contributed by atoms with Gasteiger partial charge in [-0.3, -0.25) is 4.79 Å². The van der Waals surface area contributed by atoms with Crippen LogP contribution in [0, 0.1) is 5.82 Å². The molecule has 20 heavy (non-hydrogen) atoms. The molecule has 0 aliphatic heterocycles. The number of nitrogens with one attached hydrogen (secondary N) is 1. The maximum absolute atomic E-state index is 13.2. The Balaban J connectivity index is 2.25. The minimum absolute atomic E-state index is 0.135. The number of rotatable bonds is 4. The lowest BCUT2D eigenvalue weighted by Gasteiger charge is -2.10. The van der Waals surface area contributed by atoms with Gasteiger partial charge in [0.2, 0.25) is 0 Å². The molecule has 2 aromatic rings. The highest BCUT2D eigenvalue weighted by Crippen LogP contribution is 2.22. The highest BCUT2D eigenvalue weighted by atomic mass is 19.1. The van der Waals surface area contributed by atoms with Crippen molar-refractivity contribution in [3.05, 3.63) is 53.8 Å². The van der Waals surface area contributed by atoms with Crippen molar-refractivity contribution in [3.63, 3.8) is 0 Å². The summed E-state index contributed by atoms with van der Waals surface area (Å²) in [6, 6.07) is 10.7. The van der Waals surface area contributed by atoms with E-state index >= 15 is 0 Å². The van der Waals surface area contributed by atoms with Gasteiger partial charge >= 0.3 is 0 Å². The van der Waals surface area contributed by atoms with Gasteiger partial charge < -0.3 is 14.8 Å². The number of halogens is 1. The Bertz CT molecular complexity index is 628. The van der Waals surface area contributed by atoms with Gasteiger partial charge in [0.15, 0.2) is 0 Å². The lowest BCUT2D eigenvalue weighted by Crippen LogP contribution is -2.13. The molecule has 2 rings (SSSR count). The highest BCUT2D eigenvalue weighted by Gasteiger charge is 2.13. The Morgan fingerprint density at radius 1 is 1.10 bits per heavy atom. The van der Waals surface area contributed by atoms with E-state index in [0.717, 1.165) is 6.07 Å². The molecule has 0 spiro atoms. The molecule has 0 radical (unpaired) electrons. The molecule has 4 nitrogen and oxygen atoms in total. The molecule has 0 aliphatic carbocycles. The molecule has 0 saturated heterocycles. The van der Waals surface area contributed by atoms with Crippen LogP contribution in [0.3, 0.4) is 0 Å². The standard InChI is InChI=1S/C15H14FNO3/c1-19-12-5-3-4-11(9-12)17-15(18)13-8-10(16)6-7-14(13)20-2/h3-9H,1-2H3,(H,17,18). The van der Waals surface area contributed by atoms with Gasteiger partial charge in [-0.2, -0.15) is 0 Å². The molecule has 0 aliphatic rings. The quantitative estimate of drug-likeness (QED) is 0.932. The Labute approximate surface area is 116 Å². The first-order valence-corrected chi connectivity index (χ1v) is 5.93. The van der Waals surface area contributed by atoms with Gasteiger partial charge in [-0.05, 0) is 30.3 Å². The van der Waals surface area contributed by atoms with Gasteiger partial charge in [-0.1, -0.05) is 6.07 Å². The smallest absolute Gasteiger partial charge is 0.259 e. The Hall–Kier alpha value is -2.56. The molecule has 0 aromatic heterocycles. The Morgan fingerprint density at radius 3 is 2.60 bits per heavy atom. The highest BCUT2D eigenvalue weighted by molar-refractivity contribution is 6.06. The van der Waals surface area contributed by atoms with E-state index in [4.69, 9.17) is 9.47 Å². The molecule has 1 N–H and O–H groups in total. The fourth-order valence-electron chi connectivity index (χ4n) is 1.76. The van der Waals surface area contributed by atoms with E-state index in [1.165, 1.54) is 26.4 Å². The van der Waals surface area contributed by atoms with Gasteiger partial charge in [0.25, 0.3) is 5.91 Å². The number of benzene rings is 2. The van der Waals surface area contributed by atoms with Gasteiger partial charge in [0.1, 0.15) is 17.3 Å². The summed E-state index contributed by atoms with van der Waals surface area (Å²) >= 11 is 0. The fourth-order valence-corrected chi connectivity index (χ4v) is 1.76. The zero-order valence-electron chi connectivity index (χ0n) is 11.1. The lowest BCUT2D eigenvalue weighted by molar-refractivity contribution is 0.102. The number of hydrogen-bond acceptors (Lipinski definition) is 3. The third kappa shape index (κ3) is 3.06. The van der Waals surface area contributed by atoms with Crippen molar-refractivity contribution in [1.29, 1.82) is 0 Å². The molecule has 0 bridgehead atoms. The van der Waals surface area contributed by atoms with Crippen LogP contribution in [0.5, 0.6) is 11.5 Å². The second-order valence-electron chi connectivity index (χ2n) is 4.03. The van der Waals surface area contributed by atoms with Crippen LogP contribution in [-0.4, -0.2) is 20.1 Å². The molecule has 0 saturated carbocycles. The summed E-state index contributed by atoms with van der Waals surface area (Å²) in [5, 5.41) is 2.67. The fraction of sp³-hybridized carbons (Fsp3) is 0.133. The molecule has 0 fully saturated rings. The summed E-state index contributed by atoms with van der Waals surface area (Å²) in [4.78, 5) is 12.1. The molecular formula is C15H14FNO3. The minimum atomic E-state index is -0.499. The number of carbonyl (C=O) groups excluding carboxylic acids is 1. The van der Waals surface area contributed by atoms with E-state index in [-0.39, 0.29) is 5.56 Å². The molecule has 0 atom stereocenters. The van der Waals surface area contributed by atoms with Crippen LogP contribution in [-0.2, 0) is 0 Å². The van der Waals surface area contributed by atoms with E-state index in [9.17, 15) is 9.18 Å². The number of ether oxygens (including phenoxy) is 2. The van der Waals surface area contributed by atoms with Crippen LogP contribution in [0.25, 0.3) is 0 Å². The topological polar surface area (TPSA) is 47.6 Å². The van der Waals surface area contributed by atoms with Crippen LogP contribution >= 0.6 is 0 Å². The van der Waals surface area contributed by atoms with E-state index in [1.807, 2.05) is 0 Å². The third-order valence-electron chi connectivity index (χ3n) is 2.73. The normalized spacial score (nSPS) is 9.95. The summed E-state index contributed by atoms with van der Waals surface area (Å²) in [5.74, 6) is -0.0167. The number of methoxy groups -OCH3 is 2. The van der Waals surface area contributed by atoms with Crippen molar-refractivity contribution in [2.45, 2.75) is 0 Å². The maximum atomic E-state index is 13.2.